The Balaban J connectivity index is 1.93. The van der Waals surface area contributed by atoms with Crippen molar-refractivity contribution >= 4 is 34.1 Å². The number of imidazole rings is 1. The molecule has 2 aromatic heterocycles. The summed E-state index contributed by atoms with van der Waals surface area (Å²) in [7, 11) is 0. The summed E-state index contributed by atoms with van der Waals surface area (Å²) >= 11 is 6.10. The van der Waals surface area contributed by atoms with Crippen molar-refractivity contribution in [3.63, 3.8) is 0 Å². The molecule has 0 aliphatic heterocycles. The molecule has 7 nitrogen and oxygen atoms in total. The van der Waals surface area contributed by atoms with Crippen molar-refractivity contribution in [2.45, 2.75) is 26.4 Å². The molecule has 2 heterocycles. The Morgan fingerprint density at radius 3 is 2.83 bits per heavy atom. The first kappa shape index (κ1) is 16.2. The lowest BCUT2D eigenvalue weighted by Crippen LogP contribution is -2.14. The number of nitro groups is 1. The number of aromatic nitrogens is 3. The van der Waals surface area contributed by atoms with Gasteiger partial charge in [-0.25, -0.2) is 9.97 Å². The van der Waals surface area contributed by atoms with Crippen LogP contribution in [0.25, 0.3) is 11.0 Å². The number of pyridine rings is 1. The highest BCUT2D eigenvalue weighted by Crippen LogP contribution is 2.28. The molecule has 1 unspecified atom stereocenters. The molecule has 24 heavy (non-hydrogen) atoms. The first-order valence-electron chi connectivity index (χ1n) is 7.53. The van der Waals surface area contributed by atoms with E-state index >= 15 is 0 Å². The van der Waals surface area contributed by atoms with Crippen LogP contribution in [-0.2, 0) is 6.54 Å². The molecule has 1 N–H and O–H groups in total. The molecule has 0 aliphatic rings. The minimum Gasteiger partial charge on any atom is -0.359 e. The van der Waals surface area contributed by atoms with E-state index in [9.17, 15) is 10.1 Å². The summed E-state index contributed by atoms with van der Waals surface area (Å²) in [5.74, 6) is 1.25. The zero-order valence-electron chi connectivity index (χ0n) is 13.2. The summed E-state index contributed by atoms with van der Waals surface area (Å²) in [6.07, 6.45) is 1.18. The van der Waals surface area contributed by atoms with E-state index in [0.717, 1.165) is 23.4 Å². The monoisotopic (exact) mass is 345 g/mol. The molecule has 1 atom stereocenters. The van der Waals surface area contributed by atoms with Crippen molar-refractivity contribution in [2.75, 3.05) is 5.32 Å². The Morgan fingerprint density at radius 1 is 1.42 bits per heavy atom. The second kappa shape index (κ2) is 6.45. The highest BCUT2D eigenvalue weighted by atomic mass is 35.5. The Morgan fingerprint density at radius 2 is 2.17 bits per heavy atom. The van der Waals surface area contributed by atoms with Crippen molar-refractivity contribution in [1.82, 2.24) is 14.5 Å². The number of fused-ring (bicyclic) bond motifs is 1. The van der Waals surface area contributed by atoms with Gasteiger partial charge in [0, 0.05) is 12.6 Å². The van der Waals surface area contributed by atoms with Crippen LogP contribution in [0.1, 0.15) is 25.7 Å². The molecule has 0 aliphatic carbocycles. The van der Waals surface area contributed by atoms with Gasteiger partial charge in [0.15, 0.2) is 0 Å². The molecular weight excluding hydrogens is 330 g/mol. The largest absolute Gasteiger partial charge is 0.359 e. The van der Waals surface area contributed by atoms with E-state index in [1.54, 1.807) is 0 Å². The Hall–Kier alpha value is -2.67. The fourth-order valence-electron chi connectivity index (χ4n) is 2.66. The maximum atomic E-state index is 10.8. The smallest absolute Gasteiger partial charge is 0.289 e. The van der Waals surface area contributed by atoms with Crippen molar-refractivity contribution in [2.24, 2.45) is 0 Å². The lowest BCUT2D eigenvalue weighted by atomic mass is 10.3. The molecule has 8 heteroatoms. The average molecular weight is 346 g/mol. The topological polar surface area (TPSA) is 85.9 Å². The van der Waals surface area contributed by atoms with E-state index < -0.39 is 4.92 Å². The van der Waals surface area contributed by atoms with Crippen molar-refractivity contribution in [3.05, 3.63) is 57.5 Å². The first-order valence-corrected chi connectivity index (χ1v) is 7.90. The third kappa shape index (κ3) is 2.90. The number of hydrogen-bond donors (Lipinski definition) is 1. The van der Waals surface area contributed by atoms with Crippen LogP contribution in [0.15, 0.2) is 36.5 Å². The minimum absolute atomic E-state index is 0.140. The lowest BCUT2D eigenvalue weighted by Gasteiger charge is -2.16. The molecule has 0 spiro atoms. The summed E-state index contributed by atoms with van der Waals surface area (Å²) in [6, 6.07) is 9.04. The fraction of sp³-hybridized carbons (Fsp3) is 0.250. The number of rotatable bonds is 5. The predicted octanol–water partition coefficient (Wildman–Crippen LogP) is 4.19. The number of anilines is 1. The summed E-state index contributed by atoms with van der Waals surface area (Å²) in [4.78, 5) is 19.0. The van der Waals surface area contributed by atoms with Crippen LogP contribution < -0.4 is 5.32 Å². The molecule has 0 amide bonds. The van der Waals surface area contributed by atoms with Crippen LogP contribution in [0.3, 0.4) is 0 Å². The van der Waals surface area contributed by atoms with Crippen LogP contribution in [0.5, 0.6) is 0 Å². The lowest BCUT2D eigenvalue weighted by molar-refractivity contribution is -0.385. The van der Waals surface area contributed by atoms with E-state index in [1.165, 1.54) is 12.3 Å². The van der Waals surface area contributed by atoms with Gasteiger partial charge in [-0.2, -0.15) is 0 Å². The highest BCUT2D eigenvalue weighted by molar-refractivity contribution is 6.33. The third-order valence-electron chi connectivity index (χ3n) is 3.78. The van der Waals surface area contributed by atoms with Gasteiger partial charge in [0.1, 0.15) is 17.8 Å². The van der Waals surface area contributed by atoms with Gasteiger partial charge in [-0.1, -0.05) is 23.7 Å². The molecule has 3 rings (SSSR count). The zero-order valence-corrected chi connectivity index (χ0v) is 14.0. The van der Waals surface area contributed by atoms with Gasteiger partial charge < -0.3 is 9.88 Å². The molecule has 0 saturated heterocycles. The van der Waals surface area contributed by atoms with Gasteiger partial charge in [-0.15, -0.1) is 0 Å². The van der Waals surface area contributed by atoms with Crippen LogP contribution in [0.4, 0.5) is 11.5 Å². The predicted molar refractivity (Wildman–Crippen MR) is 93.3 cm³/mol. The first-order chi connectivity index (χ1) is 11.5. The maximum Gasteiger partial charge on any atom is 0.289 e. The van der Waals surface area contributed by atoms with Gasteiger partial charge in [-0.3, -0.25) is 10.1 Å². The molecule has 0 radical (unpaired) electrons. The summed E-state index contributed by atoms with van der Waals surface area (Å²) in [5.41, 5.74) is 1.84. The number of halogens is 1. The van der Waals surface area contributed by atoms with Crippen LogP contribution in [-0.4, -0.2) is 19.5 Å². The van der Waals surface area contributed by atoms with E-state index in [4.69, 9.17) is 11.6 Å². The van der Waals surface area contributed by atoms with Crippen LogP contribution >= 0.6 is 11.6 Å². The zero-order chi connectivity index (χ0) is 17.3. The molecule has 0 fully saturated rings. The van der Waals surface area contributed by atoms with E-state index in [0.29, 0.717) is 5.82 Å². The number of para-hydroxylation sites is 2. The molecule has 3 aromatic rings. The van der Waals surface area contributed by atoms with Crippen molar-refractivity contribution < 1.29 is 4.92 Å². The van der Waals surface area contributed by atoms with Gasteiger partial charge in [0.2, 0.25) is 0 Å². The van der Waals surface area contributed by atoms with Crippen LogP contribution in [0, 0.1) is 10.1 Å². The summed E-state index contributed by atoms with van der Waals surface area (Å²) < 4.78 is 2.12. The second-order valence-corrected chi connectivity index (χ2v) is 5.76. The quantitative estimate of drug-likeness (QED) is 0.553. The molecule has 0 bridgehead atoms. The number of hydrogen-bond acceptors (Lipinski definition) is 5. The molecule has 1 aromatic carbocycles. The van der Waals surface area contributed by atoms with E-state index in [2.05, 4.69) is 26.8 Å². The maximum absolute atomic E-state index is 10.8. The number of benzene rings is 1. The normalized spacial score (nSPS) is 12.3. The molecular formula is C16H16ClN5O2. The van der Waals surface area contributed by atoms with Crippen LogP contribution in [0.2, 0.25) is 5.02 Å². The molecule has 0 saturated carbocycles. The van der Waals surface area contributed by atoms with E-state index in [1.807, 2.05) is 31.2 Å². The van der Waals surface area contributed by atoms with E-state index in [-0.39, 0.29) is 16.8 Å². The van der Waals surface area contributed by atoms with Gasteiger partial charge in [0.05, 0.1) is 27.0 Å². The highest BCUT2D eigenvalue weighted by Gasteiger charge is 2.18. The minimum atomic E-state index is -0.525. The standard InChI is InChI=1S/C16H16ClN5O2/c1-3-21-14-7-5-4-6-13(14)20-16(21)10(2)19-15-12(17)8-11(9-18-15)22(23)24/h4-10H,3H2,1-2H3,(H,18,19). The summed E-state index contributed by atoms with van der Waals surface area (Å²) in [6.45, 7) is 4.79. The number of aryl methyl sites for hydroxylation is 1. The average Bonchev–Trinajstić information content (AvgIpc) is 2.95. The fourth-order valence-corrected chi connectivity index (χ4v) is 2.88. The van der Waals surface area contributed by atoms with Gasteiger partial charge in [-0.05, 0) is 26.0 Å². The van der Waals surface area contributed by atoms with Gasteiger partial charge in [0.25, 0.3) is 5.69 Å². The van der Waals surface area contributed by atoms with Gasteiger partial charge >= 0.3 is 0 Å². The number of nitrogens with zero attached hydrogens (tertiary/aromatic N) is 4. The van der Waals surface area contributed by atoms with Crippen molar-refractivity contribution in [3.8, 4) is 0 Å². The number of nitrogens with one attached hydrogen (secondary N) is 1. The SMILES string of the molecule is CCn1c(C(C)Nc2ncc([N+](=O)[O-])cc2Cl)nc2ccccc21. The Labute approximate surface area is 143 Å². The molecule has 124 valence electrons. The van der Waals surface area contributed by atoms with Crippen molar-refractivity contribution in [1.29, 1.82) is 0 Å². The Kier molecular flexibility index (Phi) is 4.35. The second-order valence-electron chi connectivity index (χ2n) is 5.35. The third-order valence-corrected chi connectivity index (χ3v) is 4.07. The Bertz CT molecular complexity index is 909. The summed E-state index contributed by atoms with van der Waals surface area (Å²) in [5, 5.41) is 14.1.